The number of carboxylic acid groups (broad SMARTS) is 1. The van der Waals surface area contributed by atoms with Gasteiger partial charge < -0.3 is 57.0 Å². The molecule has 0 aromatic heterocycles. The molecule has 0 saturated heterocycles. The van der Waals surface area contributed by atoms with E-state index in [9.17, 15) is 48.3 Å². The highest BCUT2D eigenvalue weighted by Crippen LogP contribution is 2.44. The first-order valence-corrected chi connectivity index (χ1v) is 17.7. The molecule has 20 nitrogen and oxygen atoms in total. The molecule has 2 aromatic carbocycles. The second kappa shape index (κ2) is 20.8. The summed E-state index contributed by atoms with van der Waals surface area (Å²) in [7, 11) is 0. The lowest BCUT2D eigenvalue weighted by atomic mass is 9.98. The molecule has 0 radical (unpaired) electrons. The Balaban J connectivity index is 1.46. The van der Waals surface area contributed by atoms with Gasteiger partial charge in [0.25, 0.3) is 5.91 Å². The number of carboxylic acids is 1. The zero-order chi connectivity index (χ0) is 42.3. The number of esters is 1. The zero-order valence-electron chi connectivity index (χ0n) is 31.8. The average Bonchev–Trinajstić information content (AvgIpc) is 3.46. The van der Waals surface area contributed by atoms with Crippen LogP contribution in [-0.2, 0) is 47.8 Å². The lowest BCUT2D eigenvalue weighted by molar-refractivity contribution is -0.152. The lowest BCUT2D eigenvalue weighted by Crippen LogP contribution is -2.54. The molecule has 0 fully saturated rings. The molecule has 1 aliphatic carbocycles. The van der Waals surface area contributed by atoms with Crippen LogP contribution in [0.4, 0.5) is 9.59 Å². The second-order valence-corrected chi connectivity index (χ2v) is 13.8. The molecule has 20 heteroatoms. The number of benzene rings is 2. The minimum atomic E-state index is -1.74. The topological polar surface area (TPSA) is 300 Å². The summed E-state index contributed by atoms with van der Waals surface area (Å²) in [6.07, 6.45) is -3.13. The normalized spacial score (nSPS) is 13.2. The smallest absolute Gasteiger partial charge is 0.408 e. The number of rotatable bonds is 19. The van der Waals surface area contributed by atoms with Crippen LogP contribution in [0.1, 0.15) is 57.6 Å². The van der Waals surface area contributed by atoms with E-state index in [0.29, 0.717) is 0 Å². The Morgan fingerprint density at radius 1 is 0.737 bits per heavy atom. The Morgan fingerprint density at radius 2 is 1.33 bits per heavy atom. The minimum Gasteiger partial charge on any atom is -0.480 e. The fourth-order valence-electron chi connectivity index (χ4n) is 5.43. The molecule has 0 saturated carbocycles. The van der Waals surface area contributed by atoms with Gasteiger partial charge in [0, 0.05) is 12.5 Å². The molecule has 308 valence electrons. The van der Waals surface area contributed by atoms with Gasteiger partial charge in [-0.15, -0.1) is 0 Å². The Bertz CT molecular complexity index is 1800. The van der Waals surface area contributed by atoms with Crippen LogP contribution in [0.15, 0.2) is 48.5 Å². The van der Waals surface area contributed by atoms with Gasteiger partial charge in [0.05, 0.1) is 19.5 Å². The predicted octanol–water partition coefficient (Wildman–Crippen LogP) is -0.466. The van der Waals surface area contributed by atoms with E-state index in [1.807, 2.05) is 48.5 Å². The number of carbonyl (C=O) groups excluding carboxylic acids is 8. The van der Waals surface area contributed by atoms with Crippen LogP contribution in [-0.4, -0.2) is 115 Å². The lowest BCUT2D eigenvalue weighted by Gasteiger charge is -2.24. The van der Waals surface area contributed by atoms with Crippen molar-refractivity contribution in [3.05, 3.63) is 59.7 Å². The molecule has 3 atom stereocenters. The Hall–Kier alpha value is -6.73. The van der Waals surface area contributed by atoms with Crippen molar-refractivity contribution in [2.45, 2.75) is 70.2 Å². The monoisotopic (exact) mass is 797 g/mol. The van der Waals surface area contributed by atoms with Crippen LogP contribution in [0, 0.1) is 0 Å². The van der Waals surface area contributed by atoms with Crippen molar-refractivity contribution < 1.29 is 62.5 Å². The van der Waals surface area contributed by atoms with Crippen LogP contribution in [0.25, 0.3) is 11.1 Å². The minimum absolute atomic E-state index is 0.0954. The van der Waals surface area contributed by atoms with Gasteiger partial charge >= 0.3 is 24.1 Å². The van der Waals surface area contributed by atoms with Crippen LogP contribution < -0.4 is 37.6 Å². The summed E-state index contributed by atoms with van der Waals surface area (Å²) in [4.78, 5) is 110. The molecular weight excluding hydrogens is 750 g/mol. The fraction of sp³-hybridized carbons (Fsp3) is 0.432. The summed E-state index contributed by atoms with van der Waals surface area (Å²) in [5, 5.41) is 23.3. The zero-order valence-corrected chi connectivity index (χ0v) is 31.8. The van der Waals surface area contributed by atoms with Gasteiger partial charge in [-0.25, -0.2) is 14.4 Å². The Kier molecular flexibility index (Phi) is 16.3. The van der Waals surface area contributed by atoms with Crippen molar-refractivity contribution in [2.24, 2.45) is 5.73 Å². The third-order valence-electron chi connectivity index (χ3n) is 8.07. The van der Waals surface area contributed by atoms with Crippen LogP contribution in [0.2, 0.25) is 0 Å². The van der Waals surface area contributed by atoms with Crippen LogP contribution in [0.5, 0.6) is 0 Å². The van der Waals surface area contributed by atoms with E-state index in [4.69, 9.17) is 19.9 Å². The van der Waals surface area contributed by atoms with E-state index in [-0.39, 0.29) is 25.5 Å². The summed E-state index contributed by atoms with van der Waals surface area (Å²) < 4.78 is 15.4. The number of aliphatic carboxylic acids is 1. The molecule has 0 spiro atoms. The molecular formula is C37H47N7O13. The number of fused-ring (bicyclic) bond motifs is 3. The highest BCUT2D eigenvalue weighted by molar-refractivity contribution is 5.93. The van der Waals surface area contributed by atoms with Gasteiger partial charge in [0.1, 0.15) is 30.3 Å². The number of ether oxygens (including phenoxy) is 3. The highest BCUT2D eigenvalue weighted by atomic mass is 16.6. The summed E-state index contributed by atoms with van der Waals surface area (Å²) in [5.41, 5.74) is 7.90. The first kappa shape index (κ1) is 44.7. The van der Waals surface area contributed by atoms with Crippen molar-refractivity contribution in [3.8, 4) is 11.1 Å². The van der Waals surface area contributed by atoms with Gasteiger partial charge in [-0.1, -0.05) is 48.5 Å². The fourth-order valence-corrected chi connectivity index (χ4v) is 5.43. The van der Waals surface area contributed by atoms with E-state index >= 15 is 0 Å². The maximum absolute atomic E-state index is 13.0. The average molecular weight is 798 g/mol. The van der Waals surface area contributed by atoms with Crippen LogP contribution >= 0.6 is 0 Å². The largest absolute Gasteiger partial charge is 0.480 e. The first-order chi connectivity index (χ1) is 26.8. The van der Waals surface area contributed by atoms with E-state index in [1.54, 1.807) is 20.8 Å². The number of nitrogens with one attached hydrogen (secondary N) is 6. The molecule has 2 aromatic rings. The summed E-state index contributed by atoms with van der Waals surface area (Å²) in [6, 6.07) is 11.0. The van der Waals surface area contributed by atoms with Crippen molar-refractivity contribution >= 4 is 53.7 Å². The standard InChI is InChI=1S/C37H47N7O13/c1-20(32(49)41-17-29(46)40-16-28(38)45)42-33(50)26(43-36(54)57-37(2,3)4)13-14-39-30(47)19-55-31(48)15-27(34(51)52)44-35(53)56-18-25-23-11-7-5-9-21(23)22-10-6-8-12-24(22)25/h5-12,20,25-27H,13-19H2,1-4H3,(H2,38,45)(H,39,47)(H,40,46)(H,41,49)(H,42,50)(H,43,54)(H,44,53)(H,51,52)/t20-,26+,27-/m0/s1. The van der Waals surface area contributed by atoms with E-state index in [1.165, 1.54) is 6.92 Å². The Morgan fingerprint density at radius 3 is 1.91 bits per heavy atom. The molecule has 0 bridgehead atoms. The SMILES string of the molecule is C[C@H](NC(=O)[C@@H](CCNC(=O)COC(=O)C[C@H](NC(=O)OCC1c2ccccc2-c2ccccc21)C(=O)O)NC(=O)OC(C)(C)C)C(=O)NCC(=O)NCC(N)=O. The van der Waals surface area contributed by atoms with E-state index < -0.39 is 104 Å². The molecule has 9 N–H and O–H groups in total. The molecule has 57 heavy (non-hydrogen) atoms. The number of primary amides is 1. The number of amides is 7. The maximum atomic E-state index is 13.0. The van der Waals surface area contributed by atoms with E-state index in [2.05, 4.69) is 31.9 Å². The van der Waals surface area contributed by atoms with E-state index in [0.717, 1.165) is 22.3 Å². The third-order valence-corrected chi connectivity index (χ3v) is 8.07. The molecule has 0 aliphatic heterocycles. The third kappa shape index (κ3) is 14.8. The first-order valence-electron chi connectivity index (χ1n) is 17.7. The van der Waals surface area contributed by atoms with Crippen molar-refractivity contribution in [1.82, 2.24) is 31.9 Å². The van der Waals surface area contributed by atoms with Gasteiger partial charge in [-0.2, -0.15) is 0 Å². The molecule has 7 amide bonds. The molecule has 3 rings (SSSR count). The van der Waals surface area contributed by atoms with Gasteiger partial charge in [-0.3, -0.25) is 28.8 Å². The Labute approximate surface area is 327 Å². The summed E-state index contributed by atoms with van der Waals surface area (Å²) in [6.45, 7) is 3.91. The predicted molar refractivity (Wildman–Crippen MR) is 199 cm³/mol. The van der Waals surface area contributed by atoms with Crippen molar-refractivity contribution in [3.63, 3.8) is 0 Å². The molecule has 0 unspecified atom stereocenters. The number of alkyl carbamates (subject to hydrolysis) is 2. The number of carbonyl (C=O) groups is 9. The molecule has 0 heterocycles. The van der Waals surface area contributed by atoms with Crippen molar-refractivity contribution in [1.29, 1.82) is 0 Å². The quantitative estimate of drug-likeness (QED) is 0.0660. The van der Waals surface area contributed by atoms with Crippen molar-refractivity contribution in [2.75, 3.05) is 32.8 Å². The molecule has 1 aliphatic rings. The van der Waals surface area contributed by atoms with Gasteiger partial charge in [-0.05, 0) is 56.4 Å². The number of hydrogen-bond donors (Lipinski definition) is 8. The van der Waals surface area contributed by atoms with Gasteiger partial charge in [0.15, 0.2) is 6.61 Å². The summed E-state index contributed by atoms with van der Waals surface area (Å²) in [5.74, 6) is -6.94. The highest BCUT2D eigenvalue weighted by Gasteiger charge is 2.31. The summed E-state index contributed by atoms with van der Waals surface area (Å²) >= 11 is 0. The number of nitrogens with two attached hydrogens (primary N) is 1. The maximum Gasteiger partial charge on any atom is 0.408 e. The second-order valence-electron chi connectivity index (χ2n) is 13.8. The van der Waals surface area contributed by atoms with Gasteiger partial charge in [0.2, 0.25) is 23.6 Å². The number of hydrogen-bond acceptors (Lipinski definition) is 12. The van der Waals surface area contributed by atoms with Crippen LogP contribution in [0.3, 0.4) is 0 Å².